The van der Waals surface area contributed by atoms with Crippen LogP contribution in [0.2, 0.25) is 0 Å². The Labute approximate surface area is 93.2 Å². The van der Waals surface area contributed by atoms with E-state index < -0.39 is 0 Å². The Morgan fingerprint density at radius 3 is 3.07 bits per heavy atom. The first kappa shape index (κ1) is 9.79. The normalized spacial score (nSPS) is 14.6. The van der Waals surface area contributed by atoms with Gasteiger partial charge in [0.1, 0.15) is 5.82 Å². The first-order valence-electron chi connectivity index (χ1n) is 3.85. The fourth-order valence-electron chi connectivity index (χ4n) is 1.06. The van der Waals surface area contributed by atoms with Gasteiger partial charge in [0.2, 0.25) is 12.2 Å². The van der Waals surface area contributed by atoms with E-state index in [2.05, 4.69) is 30.1 Å². The van der Waals surface area contributed by atoms with Crippen LogP contribution in [0.15, 0.2) is 27.8 Å². The molecular weight excluding hydrogens is 271 g/mol. The average molecular weight is 277 g/mol. The lowest BCUT2D eigenvalue weighted by atomic mass is 10.1. The molecule has 0 amide bonds. The van der Waals surface area contributed by atoms with Crippen LogP contribution in [0.4, 0.5) is 4.39 Å². The molecule has 14 heavy (non-hydrogen) atoms. The van der Waals surface area contributed by atoms with E-state index in [0.29, 0.717) is 17.8 Å². The Bertz CT molecular complexity index is 386. The lowest BCUT2D eigenvalue weighted by molar-refractivity contribution is 0.415. The number of oxime groups is 1. The molecule has 1 aliphatic heterocycles. The molecule has 0 saturated carbocycles. The van der Waals surface area contributed by atoms with Gasteiger partial charge in [0.05, 0.1) is 0 Å². The van der Waals surface area contributed by atoms with Crippen molar-refractivity contribution in [1.82, 2.24) is 4.72 Å². The Morgan fingerprint density at radius 2 is 2.43 bits per heavy atom. The molecule has 0 fully saturated rings. The third kappa shape index (κ3) is 2.19. The van der Waals surface area contributed by atoms with Crippen molar-refractivity contribution in [3.8, 4) is 0 Å². The molecule has 0 spiro atoms. The van der Waals surface area contributed by atoms with E-state index in [4.69, 9.17) is 0 Å². The minimum atomic E-state index is -0.249. The van der Waals surface area contributed by atoms with Gasteiger partial charge in [-0.05, 0) is 17.7 Å². The summed E-state index contributed by atoms with van der Waals surface area (Å²) >= 11 is 4.22. The van der Waals surface area contributed by atoms with Gasteiger partial charge < -0.3 is 0 Å². The van der Waals surface area contributed by atoms with Crippen molar-refractivity contribution in [3.63, 3.8) is 0 Å². The van der Waals surface area contributed by atoms with Crippen molar-refractivity contribution in [1.29, 1.82) is 0 Å². The Hall–Kier alpha value is -0.750. The van der Waals surface area contributed by atoms with Gasteiger partial charge in [-0.1, -0.05) is 27.2 Å². The molecule has 3 nitrogen and oxygen atoms in total. The number of halogens is 2. The summed E-state index contributed by atoms with van der Waals surface area (Å²) in [5.74, 6) is 0.372. The van der Waals surface area contributed by atoms with Crippen molar-refractivity contribution in [2.24, 2.45) is 5.16 Å². The molecule has 6 heteroatoms. The third-order valence-corrected chi connectivity index (χ3v) is 2.68. The van der Waals surface area contributed by atoms with Crippen LogP contribution in [0.25, 0.3) is 0 Å². The zero-order valence-electron chi connectivity index (χ0n) is 6.96. The first-order chi connectivity index (χ1) is 6.75. The zero-order chi connectivity index (χ0) is 9.97. The van der Waals surface area contributed by atoms with Gasteiger partial charge in [-0.25, -0.2) is 4.39 Å². The number of amidine groups is 1. The molecule has 1 N–H and O–H groups in total. The van der Waals surface area contributed by atoms with Gasteiger partial charge in [0, 0.05) is 10.9 Å². The highest BCUT2D eigenvalue weighted by Crippen LogP contribution is 2.17. The molecule has 1 heterocycles. The fraction of sp³-hybridized carbons (Fsp3) is 0.125. The Kier molecular flexibility index (Phi) is 2.93. The van der Waals surface area contributed by atoms with Crippen molar-refractivity contribution in [2.45, 2.75) is 6.42 Å². The highest BCUT2D eigenvalue weighted by molar-refractivity contribution is 9.10. The van der Waals surface area contributed by atoms with Crippen LogP contribution >= 0.6 is 28.2 Å². The summed E-state index contributed by atoms with van der Waals surface area (Å²) < 4.78 is 21.5. The van der Waals surface area contributed by atoms with E-state index in [1.54, 1.807) is 12.1 Å². The van der Waals surface area contributed by atoms with Crippen molar-refractivity contribution >= 4 is 34.0 Å². The summed E-state index contributed by atoms with van der Waals surface area (Å²) in [6, 6.07) is 4.94. The summed E-state index contributed by atoms with van der Waals surface area (Å²) in [5.41, 5.74) is 0.588. The average Bonchev–Trinajstić information content (AvgIpc) is 2.62. The summed E-state index contributed by atoms with van der Waals surface area (Å²) in [5, 5.41) is 3.68. The van der Waals surface area contributed by atoms with Crippen LogP contribution < -0.4 is 4.72 Å². The summed E-state index contributed by atoms with van der Waals surface area (Å²) in [4.78, 5) is 0. The molecule has 74 valence electrons. The molecule has 0 bridgehead atoms. The predicted molar refractivity (Wildman–Crippen MR) is 57.1 cm³/mol. The van der Waals surface area contributed by atoms with E-state index in [0.717, 1.165) is 16.7 Å². The highest BCUT2D eigenvalue weighted by atomic mass is 79.9. The van der Waals surface area contributed by atoms with Crippen LogP contribution in [-0.4, -0.2) is 5.84 Å². The number of hydrogen-bond donors (Lipinski definition) is 1. The largest absolute Gasteiger partial charge is 0.297 e. The number of rotatable bonds is 2. The van der Waals surface area contributed by atoms with Gasteiger partial charge >= 0.3 is 0 Å². The lowest BCUT2D eigenvalue weighted by Crippen LogP contribution is -2.14. The minimum Gasteiger partial charge on any atom is -0.297 e. The summed E-state index contributed by atoms with van der Waals surface area (Å²) in [6.45, 7) is 0. The molecule has 2 rings (SSSR count). The quantitative estimate of drug-likeness (QED) is 0.666. The van der Waals surface area contributed by atoms with Gasteiger partial charge in [0.25, 0.3) is 0 Å². The van der Waals surface area contributed by atoms with Crippen LogP contribution in [0, 0.1) is 5.82 Å². The molecule has 1 aliphatic rings. The van der Waals surface area contributed by atoms with E-state index in [-0.39, 0.29) is 5.82 Å². The van der Waals surface area contributed by atoms with Gasteiger partial charge in [-0.3, -0.25) is 9.01 Å². The second-order valence-electron chi connectivity index (χ2n) is 2.71. The number of nitrogens with one attached hydrogen (secondary N) is 1. The van der Waals surface area contributed by atoms with E-state index in [1.165, 1.54) is 6.07 Å². The van der Waals surface area contributed by atoms with Crippen LogP contribution in [-0.2, 0) is 10.7 Å². The second kappa shape index (κ2) is 4.18. The molecule has 1 aromatic rings. The Balaban J connectivity index is 2.16. The number of benzene rings is 1. The maximum atomic E-state index is 13.3. The maximum Gasteiger partial charge on any atom is 0.208 e. The van der Waals surface area contributed by atoms with Crippen molar-refractivity contribution in [2.75, 3.05) is 0 Å². The van der Waals surface area contributed by atoms with E-state index in [9.17, 15) is 4.39 Å². The molecule has 1 aromatic carbocycles. The summed E-state index contributed by atoms with van der Waals surface area (Å²) in [7, 11) is 0. The lowest BCUT2D eigenvalue weighted by Gasteiger charge is -2.01. The predicted octanol–water partition coefficient (Wildman–Crippen LogP) is 2.63. The summed E-state index contributed by atoms with van der Waals surface area (Å²) in [6.07, 6.45) is 0.409. The third-order valence-electron chi connectivity index (χ3n) is 1.72. The molecular formula is C8H6BrFN2OS. The van der Waals surface area contributed by atoms with Gasteiger partial charge in [-0.15, -0.1) is 0 Å². The molecule has 0 unspecified atom stereocenters. The van der Waals surface area contributed by atoms with Crippen LogP contribution in [0.1, 0.15) is 5.56 Å². The Morgan fingerprint density at radius 1 is 1.57 bits per heavy atom. The van der Waals surface area contributed by atoms with Crippen LogP contribution in [0.3, 0.4) is 0 Å². The SMILES string of the molecule is Fc1cc(Br)ccc1CC1=NOSN1. The smallest absolute Gasteiger partial charge is 0.208 e. The van der Waals surface area contributed by atoms with Crippen molar-refractivity contribution < 1.29 is 8.67 Å². The monoisotopic (exact) mass is 276 g/mol. The molecule has 0 aromatic heterocycles. The van der Waals surface area contributed by atoms with E-state index in [1.807, 2.05) is 0 Å². The second-order valence-corrected chi connectivity index (χ2v) is 4.15. The first-order valence-corrected chi connectivity index (χ1v) is 5.38. The number of nitrogens with zero attached hydrogens (tertiary/aromatic N) is 1. The van der Waals surface area contributed by atoms with Gasteiger partial charge in [-0.2, -0.15) is 0 Å². The molecule has 0 radical (unpaired) electrons. The van der Waals surface area contributed by atoms with Crippen molar-refractivity contribution in [3.05, 3.63) is 34.1 Å². The maximum absolute atomic E-state index is 13.3. The zero-order valence-corrected chi connectivity index (χ0v) is 9.36. The standard InChI is InChI=1S/C8H6BrFN2OS/c9-6-2-1-5(7(10)4-6)3-8-11-13-14-12-8/h1-2,4H,3H2,(H,11,12). The topological polar surface area (TPSA) is 33.6 Å². The van der Waals surface area contributed by atoms with Gasteiger partial charge in [0.15, 0.2) is 5.84 Å². The van der Waals surface area contributed by atoms with E-state index >= 15 is 0 Å². The molecule has 0 atom stereocenters. The molecule has 0 saturated heterocycles. The number of hydrogen-bond acceptors (Lipinski definition) is 4. The van der Waals surface area contributed by atoms with Crippen LogP contribution in [0.5, 0.6) is 0 Å². The fourth-order valence-corrected chi connectivity index (χ4v) is 1.77. The minimum absolute atomic E-state index is 0.249. The molecule has 0 aliphatic carbocycles. The highest BCUT2D eigenvalue weighted by Gasteiger charge is 2.11.